The monoisotopic (exact) mass is 253 g/mol. The first kappa shape index (κ1) is 13.9. The van der Waals surface area contributed by atoms with Crippen molar-refractivity contribution in [1.29, 1.82) is 0 Å². The van der Waals surface area contributed by atoms with E-state index in [2.05, 4.69) is 18.7 Å². The molecule has 1 heterocycles. The van der Waals surface area contributed by atoms with Crippen LogP contribution >= 0.6 is 0 Å². The summed E-state index contributed by atoms with van der Waals surface area (Å²) in [5, 5.41) is 9.38. The van der Waals surface area contributed by atoms with E-state index in [1.54, 1.807) is 0 Å². The van der Waals surface area contributed by atoms with E-state index in [1.807, 2.05) is 6.92 Å². The van der Waals surface area contributed by atoms with Gasteiger partial charge in [-0.2, -0.15) is 0 Å². The minimum absolute atomic E-state index is 0.523. The van der Waals surface area contributed by atoms with Gasteiger partial charge in [0.15, 0.2) is 0 Å². The molecule has 0 radical (unpaired) electrons. The third-order valence-corrected chi connectivity index (χ3v) is 5.33. The second-order valence-electron chi connectivity index (χ2n) is 6.86. The lowest BCUT2D eigenvalue weighted by Crippen LogP contribution is -2.51. The largest absolute Gasteiger partial charge is 0.481 e. The fourth-order valence-electron chi connectivity index (χ4n) is 3.62. The van der Waals surface area contributed by atoms with Gasteiger partial charge >= 0.3 is 5.97 Å². The van der Waals surface area contributed by atoms with Gasteiger partial charge < -0.3 is 5.11 Å². The molecule has 3 nitrogen and oxygen atoms in total. The van der Waals surface area contributed by atoms with Crippen molar-refractivity contribution in [2.45, 2.75) is 58.9 Å². The van der Waals surface area contributed by atoms with Crippen molar-refractivity contribution in [2.24, 2.45) is 17.3 Å². The smallest absolute Gasteiger partial charge is 0.310 e. The minimum Gasteiger partial charge on any atom is -0.481 e. The summed E-state index contributed by atoms with van der Waals surface area (Å²) in [4.78, 5) is 13.9. The Morgan fingerprint density at radius 3 is 2.61 bits per heavy atom. The number of piperidine rings is 1. The van der Waals surface area contributed by atoms with Gasteiger partial charge in [0.25, 0.3) is 0 Å². The zero-order valence-electron chi connectivity index (χ0n) is 12.0. The molecule has 0 aromatic heterocycles. The van der Waals surface area contributed by atoms with Gasteiger partial charge in [-0.15, -0.1) is 0 Å². The Balaban J connectivity index is 1.99. The van der Waals surface area contributed by atoms with Crippen LogP contribution in [0.4, 0.5) is 0 Å². The molecule has 4 atom stereocenters. The van der Waals surface area contributed by atoms with Crippen molar-refractivity contribution >= 4 is 5.97 Å². The Kier molecular flexibility index (Phi) is 4.00. The summed E-state index contributed by atoms with van der Waals surface area (Å²) in [5.41, 5.74) is -0.523. The highest BCUT2D eigenvalue weighted by Crippen LogP contribution is 2.37. The maximum atomic E-state index is 11.4. The minimum atomic E-state index is -0.621. The molecule has 3 heteroatoms. The summed E-state index contributed by atoms with van der Waals surface area (Å²) >= 11 is 0. The lowest BCUT2D eigenvalue weighted by molar-refractivity contribution is -0.152. The standard InChI is InChI=1S/C15H27NO2/c1-11-5-6-13(9-12(11)2)16-8-4-7-15(3,10-16)14(17)18/h11-13H,4-10H2,1-3H3,(H,17,18). The van der Waals surface area contributed by atoms with Gasteiger partial charge in [0.05, 0.1) is 5.41 Å². The van der Waals surface area contributed by atoms with E-state index < -0.39 is 11.4 Å². The molecule has 1 aliphatic carbocycles. The first-order chi connectivity index (χ1) is 8.42. The molecule has 104 valence electrons. The number of hydrogen-bond acceptors (Lipinski definition) is 2. The molecule has 4 unspecified atom stereocenters. The zero-order valence-corrected chi connectivity index (χ0v) is 12.0. The van der Waals surface area contributed by atoms with Crippen molar-refractivity contribution < 1.29 is 9.90 Å². The molecule has 0 amide bonds. The van der Waals surface area contributed by atoms with E-state index in [9.17, 15) is 9.90 Å². The third kappa shape index (κ3) is 2.71. The normalized spacial score (nSPS) is 42.7. The second-order valence-corrected chi connectivity index (χ2v) is 6.86. The summed E-state index contributed by atoms with van der Waals surface area (Å²) < 4.78 is 0. The average Bonchev–Trinajstić information content (AvgIpc) is 2.32. The molecule has 1 N–H and O–H groups in total. The quantitative estimate of drug-likeness (QED) is 0.822. The van der Waals surface area contributed by atoms with Crippen molar-refractivity contribution in [3.05, 3.63) is 0 Å². The van der Waals surface area contributed by atoms with E-state index in [1.165, 1.54) is 19.3 Å². The summed E-state index contributed by atoms with van der Waals surface area (Å²) in [5.74, 6) is 0.989. The van der Waals surface area contributed by atoms with E-state index in [0.717, 1.165) is 37.8 Å². The summed E-state index contributed by atoms with van der Waals surface area (Å²) in [7, 11) is 0. The van der Waals surface area contributed by atoms with Crippen molar-refractivity contribution in [3.8, 4) is 0 Å². The molecule has 2 fully saturated rings. The highest BCUT2D eigenvalue weighted by Gasteiger charge is 2.40. The third-order valence-electron chi connectivity index (χ3n) is 5.33. The summed E-state index contributed by atoms with van der Waals surface area (Å²) in [6, 6.07) is 0.621. The lowest BCUT2D eigenvalue weighted by Gasteiger charge is -2.45. The highest BCUT2D eigenvalue weighted by molar-refractivity contribution is 5.74. The molecule has 0 spiro atoms. The molecule has 2 rings (SSSR count). The second kappa shape index (κ2) is 5.20. The molecule has 1 aliphatic heterocycles. The van der Waals surface area contributed by atoms with Crippen LogP contribution in [0.1, 0.15) is 52.9 Å². The predicted molar refractivity (Wildman–Crippen MR) is 72.5 cm³/mol. The van der Waals surface area contributed by atoms with Crippen molar-refractivity contribution in [3.63, 3.8) is 0 Å². The van der Waals surface area contributed by atoms with Gasteiger partial charge in [-0.05, 0) is 57.4 Å². The number of carboxylic acids is 1. The van der Waals surface area contributed by atoms with Crippen LogP contribution in [0.25, 0.3) is 0 Å². The molecule has 0 bridgehead atoms. The van der Waals surface area contributed by atoms with E-state index >= 15 is 0 Å². The lowest BCUT2D eigenvalue weighted by atomic mass is 9.76. The Labute approximate surface area is 111 Å². The van der Waals surface area contributed by atoms with E-state index in [0.29, 0.717) is 6.04 Å². The zero-order chi connectivity index (χ0) is 13.3. The fourth-order valence-corrected chi connectivity index (χ4v) is 3.62. The molecule has 1 saturated carbocycles. The molecule has 2 aliphatic rings. The molecule has 0 aromatic rings. The van der Waals surface area contributed by atoms with Gasteiger partial charge in [0.1, 0.15) is 0 Å². The van der Waals surface area contributed by atoms with Crippen LogP contribution in [0.3, 0.4) is 0 Å². The summed E-state index contributed by atoms with van der Waals surface area (Å²) in [6.07, 6.45) is 5.66. The fraction of sp³-hybridized carbons (Fsp3) is 0.933. The topological polar surface area (TPSA) is 40.5 Å². The molecular formula is C15H27NO2. The number of likely N-dealkylation sites (tertiary alicyclic amines) is 1. The van der Waals surface area contributed by atoms with Crippen LogP contribution in [0.2, 0.25) is 0 Å². The molecule has 0 aromatic carbocycles. The Bertz CT molecular complexity index is 318. The predicted octanol–water partition coefficient (Wildman–Crippen LogP) is 3.00. The number of nitrogens with zero attached hydrogens (tertiary/aromatic N) is 1. The van der Waals surface area contributed by atoms with Crippen molar-refractivity contribution in [2.75, 3.05) is 13.1 Å². The van der Waals surface area contributed by atoms with E-state index in [-0.39, 0.29) is 0 Å². The molecule has 1 saturated heterocycles. The first-order valence-electron chi connectivity index (χ1n) is 7.40. The summed E-state index contributed by atoms with van der Waals surface area (Å²) in [6.45, 7) is 8.44. The first-order valence-corrected chi connectivity index (χ1v) is 7.40. The molecule has 18 heavy (non-hydrogen) atoms. The van der Waals surface area contributed by atoms with Gasteiger partial charge in [0.2, 0.25) is 0 Å². The number of hydrogen-bond donors (Lipinski definition) is 1. The SMILES string of the molecule is CC1CCC(N2CCCC(C)(C(=O)O)C2)CC1C. The van der Waals surface area contributed by atoms with Crippen LogP contribution in [0.15, 0.2) is 0 Å². The van der Waals surface area contributed by atoms with Gasteiger partial charge in [-0.25, -0.2) is 0 Å². The highest BCUT2D eigenvalue weighted by atomic mass is 16.4. The van der Waals surface area contributed by atoms with Crippen LogP contribution in [-0.2, 0) is 4.79 Å². The Morgan fingerprint density at radius 2 is 2.00 bits per heavy atom. The van der Waals surface area contributed by atoms with E-state index in [4.69, 9.17) is 0 Å². The van der Waals surface area contributed by atoms with Crippen LogP contribution in [-0.4, -0.2) is 35.1 Å². The van der Waals surface area contributed by atoms with Crippen LogP contribution in [0.5, 0.6) is 0 Å². The Morgan fingerprint density at radius 1 is 1.28 bits per heavy atom. The van der Waals surface area contributed by atoms with Gasteiger partial charge in [-0.1, -0.05) is 13.8 Å². The van der Waals surface area contributed by atoms with Crippen molar-refractivity contribution in [1.82, 2.24) is 4.90 Å². The number of carbonyl (C=O) groups is 1. The van der Waals surface area contributed by atoms with Gasteiger partial charge in [0, 0.05) is 12.6 Å². The van der Waals surface area contributed by atoms with Crippen LogP contribution < -0.4 is 0 Å². The maximum absolute atomic E-state index is 11.4. The maximum Gasteiger partial charge on any atom is 0.310 e. The van der Waals surface area contributed by atoms with Crippen LogP contribution in [0, 0.1) is 17.3 Å². The van der Waals surface area contributed by atoms with Gasteiger partial charge in [-0.3, -0.25) is 9.69 Å². The number of rotatable bonds is 2. The Hall–Kier alpha value is -0.570. The number of aliphatic carboxylic acids is 1. The average molecular weight is 253 g/mol. The number of carboxylic acid groups (broad SMARTS) is 1. The molecular weight excluding hydrogens is 226 g/mol.